The van der Waals surface area contributed by atoms with Crippen molar-refractivity contribution in [3.8, 4) is 0 Å². The van der Waals surface area contributed by atoms with Gasteiger partial charge < -0.3 is 10.4 Å². The first-order valence-electron chi connectivity index (χ1n) is 6.20. The van der Waals surface area contributed by atoms with Crippen molar-refractivity contribution in [2.45, 2.75) is 12.2 Å². The number of halogens is 4. The van der Waals surface area contributed by atoms with Crippen molar-refractivity contribution in [2.24, 2.45) is 0 Å². The zero-order valence-electron chi connectivity index (χ0n) is 10.9. The largest absolute Gasteiger partial charge is 0.416 e. The van der Waals surface area contributed by atoms with E-state index in [1.165, 1.54) is 6.07 Å². The molecule has 6 heteroatoms. The van der Waals surface area contributed by atoms with Crippen molar-refractivity contribution < 1.29 is 18.3 Å². The molecule has 0 fully saturated rings. The number of hydrogen-bond acceptors (Lipinski definition) is 2. The minimum absolute atomic E-state index is 0.308. The molecule has 0 aliphatic carbocycles. The van der Waals surface area contributed by atoms with E-state index in [0.29, 0.717) is 5.56 Å². The van der Waals surface area contributed by atoms with Crippen LogP contribution in [0.3, 0.4) is 0 Å². The summed E-state index contributed by atoms with van der Waals surface area (Å²) in [5, 5.41) is 12.4. The molecule has 0 amide bonds. The van der Waals surface area contributed by atoms with Crippen molar-refractivity contribution in [1.82, 2.24) is 0 Å². The van der Waals surface area contributed by atoms with Crippen LogP contribution in [0.1, 0.15) is 17.2 Å². The molecule has 1 unspecified atom stereocenters. The molecule has 0 saturated carbocycles. The Morgan fingerprint density at radius 3 is 2.33 bits per heavy atom. The van der Waals surface area contributed by atoms with Gasteiger partial charge in [-0.15, -0.1) is 0 Å². The molecule has 0 radical (unpaired) electrons. The van der Waals surface area contributed by atoms with Crippen LogP contribution in [0, 0.1) is 0 Å². The molecule has 2 N–H and O–H groups in total. The predicted octanol–water partition coefficient (Wildman–Crippen LogP) is 4.61. The number of nitrogens with one attached hydrogen (secondary N) is 1. The Morgan fingerprint density at radius 1 is 1.10 bits per heavy atom. The summed E-state index contributed by atoms with van der Waals surface area (Å²) >= 11 is 3.30. The Hall–Kier alpha value is -1.53. The van der Waals surface area contributed by atoms with E-state index < -0.39 is 17.8 Å². The topological polar surface area (TPSA) is 32.3 Å². The minimum atomic E-state index is -4.40. The second-order valence-electron chi connectivity index (χ2n) is 4.51. The van der Waals surface area contributed by atoms with E-state index in [-0.39, 0.29) is 6.61 Å². The smallest absolute Gasteiger partial charge is 0.394 e. The summed E-state index contributed by atoms with van der Waals surface area (Å²) in [5.74, 6) is 0. The van der Waals surface area contributed by atoms with Crippen LogP contribution < -0.4 is 5.32 Å². The molecule has 2 nitrogen and oxygen atoms in total. The molecule has 21 heavy (non-hydrogen) atoms. The SMILES string of the molecule is OCC(Nc1ccc(Br)cc1)c1cccc(C(F)(F)F)c1. The highest BCUT2D eigenvalue weighted by atomic mass is 79.9. The summed E-state index contributed by atoms with van der Waals surface area (Å²) in [4.78, 5) is 0. The van der Waals surface area contributed by atoms with Crippen molar-refractivity contribution in [2.75, 3.05) is 11.9 Å². The number of aliphatic hydroxyl groups is 1. The fraction of sp³-hybridized carbons (Fsp3) is 0.200. The Kier molecular flexibility index (Phi) is 4.90. The van der Waals surface area contributed by atoms with Gasteiger partial charge in [0.25, 0.3) is 0 Å². The van der Waals surface area contributed by atoms with Gasteiger partial charge in [-0.05, 0) is 42.0 Å². The summed E-state index contributed by atoms with van der Waals surface area (Å²) in [6.07, 6.45) is -4.40. The molecule has 0 aliphatic rings. The second kappa shape index (κ2) is 6.49. The van der Waals surface area contributed by atoms with Crippen molar-refractivity contribution in [3.63, 3.8) is 0 Å². The van der Waals surface area contributed by atoms with E-state index in [1.54, 1.807) is 18.2 Å². The van der Waals surface area contributed by atoms with Crippen LogP contribution in [-0.4, -0.2) is 11.7 Å². The maximum absolute atomic E-state index is 12.7. The number of anilines is 1. The third-order valence-electron chi connectivity index (χ3n) is 2.98. The van der Waals surface area contributed by atoms with E-state index >= 15 is 0 Å². The molecule has 0 spiro atoms. The predicted molar refractivity (Wildman–Crippen MR) is 79.0 cm³/mol. The van der Waals surface area contributed by atoms with Gasteiger partial charge in [-0.2, -0.15) is 13.2 Å². The lowest BCUT2D eigenvalue weighted by Gasteiger charge is -2.19. The summed E-state index contributed by atoms with van der Waals surface area (Å²) in [6, 6.07) is 11.5. The highest BCUT2D eigenvalue weighted by Gasteiger charge is 2.30. The molecule has 0 bridgehead atoms. The summed E-state index contributed by atoms with van der Waals surface area (Å²) in [6.45, 7) is -0.308. The number of benzene rings is 2. The van der Waals surface area contributed by atoms with Crippen LogP contribution in [-0.2, 0) is 6.18 Å². The minimum Gasteiger partial charge on any atom is -0.394 e. The quantitative estimate of drug-likeness (QED) is 0.835. The van der Waals surface area contributed by atoms with Gasteiger partial charge in [-0.25, -0.2) is 0 Å². The van der Waals surface area contributed by atoms with Gasteiger partial charge in [0.1, 0.15) is 0 Å². The normalized spacial score (nSPS) is 13.0. The molecule has 2 aromatic carbocycles. The molecular formula is C15H13BrF3NO. The Bertz CT molecular complexity index is 599. The fourth-order valence-electron chi connectivity index (χ4n) is 1.91. The summed E-state index contributed by atoms with van der Waals surface area (Å²) in [5.41, 5.74) is 0.376. The van der Waals surface area contributed by atoms with Gasteiger partial charge >= 0.3 is 6.18 Å². The van der Waals surface area contributed by atoms with E-state index in [1.807, 2.05) is 12.1 Å². The lowest BCUT2D eigenvalue weighted by atomic mass is 10.0. The van der Waals surface area contributed by atoms with Crippen LogP contribution in [0.4, 0.5) is 18.9 Å². The van der Waals surface area contributed by atoms with E-state index in [0.717, 1.165) is 22.3 Å². The molecule has 1 atom stereocenters. The van der Waals surface area contributed by atoms with Crippen LogP contribution in [0.15, 0.2) is 53.0 Å². The lowest BCUT2D eigenvalue weighted by Crippen LogP contribution is -2.16. The fourth-order valence-corrected chi connectivity index (χ4v) is 2.18. The zero-order valence-corrected chi connectivity index (χ0v) is 12.4. The number of hydrogen-bond donors (Lipinski definition) is 2. The Morgan fingerprint density at radius 2 is 1.76 bits per heavy atom. The molecule has 0 heterocycles. The number of rotatable bonds is 4. The average Bonchev–Trinajstić information content (AvgIpc) is 2.46. The van der Waals surface area contributed by atoms with Crippen molar-refractivity contribution in [1.29, 1.82) is 0 Å². The second-order valence-corrected chi connectivity index (χ2v) is 5.43. The first kappa shape index (κ1) is 15.9. The highest BCUT2D eigenvalue weighted by Crippen LogP contribution is 2.31. The van der Waals surface area contributed by atoms with E-state index in [9.17, 15) is 18.3 Å². The van der Waals surface area contributed by atoms with Crippen LogP contribution in [0.2, 0.25) is 0 Å². The van der Waals surface area contributed by atoms with Crippen LogP contribution in [0.25, 0.3) is 0 Å². The molecule has 2 rings (SSSR count). The third-order valence-corrected chi connectivity index (χ3v) is 3.51. The van der Waals surface area contributed by atoms with Crippen molar-refractivity contribution >= 4 is 21.6 Å². The van der Waals surface area contributed by atoms with Crippen molar-refractivity contribution in [3.05, 3.63) is 64.1 Å². The summed E-state index contributed by atoms with van der Waals surface area (Å²) in [7, 11) is 0. The summed E-state index contributed by atoms with van der Waals surface area (Å²) < 4.78 is 39.1. The van der Waals surface area contributed by atoms with Gasteiger partial charge in [-0.3, -0.25) is 0 Å². The first-order chi connectivity index (χ1) is 9.90. The van der Waals surface area contributed by atoms with Crippen LogP contribution in [0.5, 0.6) is 0 Å². The molecule has 2 aromatic rings. The number of alkyl halides is 3. The van der Waals surface area contributed by atoms with Crippen LogP contribution >= 0.6 is 15.9 Å². The Labute approximate surface area is 128 Å². The molecular weight excluding hydrogens is 347 g/mol. The van der Waals surface area contributed by atoms with Gasteiger partial charge in [0, 0.05) is 10.2 Å². The molecule has 0 aromatic heterocycles. The zero-order chi connectivity index (χ0) is 15.5. The standard InChI is InChI=1S/C15H13BrF3NO/c16-12-4-6-13(7-5-12)20-14(9-21)10-2-1-3-11(8-10)15(17,18)19/h1-8,14,20-21H,9H2. The lowest BCUT2D eigenvalue weighted by molar-refractivity contribution is -0.137. The van der Waals surface area contributed by atoms with E-state index in [2.05, 4.69) is 21.2 Å². The highest BCUT2D eigenvalue weighted by molar-refractivity contribution is 9.10. The van der Waals surface area contributed by atoms with Gasteiger partial charge in [0.2, 0.25) is 0 Å². The maximum atomic E-state index is 12.7. The van der Waals surface area contributed by atoms with Gasteiger partial charge in [0.05, 0.1) is 18.2 Å². The van der Waals surface area contributed by atoms with Gasteiger partial charge in [0.15, 0.2) is 0 Å². The Balaban J connectivity index is 2.23. The molecule has 0 aliphatic heterocycles. The molecule has 0 saturated heterocycles. The maximum Gasteiger partial charge on any atom is 0.416 e. The first-order valence-corrected chi connectivity index (χ1v) is 6.99. The molecule has 112 valence electrons. The van der Waals surface area contributed by atoms with E-state index in [4.69, 9.17) is 0 Å². The monoisotopic (exact) mass is 359 g/mol. The average molecular weight is 360 g/mol. The van der Waals surface area contributed by atoms with Gasteiger partial charge in [-0.1, -0.05) is 28.1 Å². The third kappa shape index (κ3) is 4.22. The number of aliphatic hydroxyl groups excluding tert-OH is 1.